The third-order valence-corrected chi connectivity index (χ3v) is 4.15. The maximum absolute atomic E-state index is 12.7. The fraction of sp³-hybridized carbons (Fsp3) is 0.0952. The fourth-order valence-corrected chi connectivity index (χ4v) is 2.78. The van der Waals surface area contributed by atoms with E-state index in [9.17, 15) is 9.59 Å². The Hall–Kier alpha value is -3.36. The summed E-state index contributed by atoms with van der Waals surface area (Å²) in [4.78, 5) is 25.2. The molecule has 6 heteroatoms. The van der Waals surface area contributed by atoms with Crippen LogP contribution >= 0.6 is 11.6 Å². The van der Waals surface area contributed by atoms with Crippen LogP contribution in [0, 0.1) is 12.3 Å². The lowest BCUT2D eigenvalue weighted by molar-refractivity contribution is -0.123. The monoisotopic (exact) mass is 378 g/mol. The van der Waals surface area contributed by atoms with Crippen LogP contribution in [0.4, 0.5) is 0 Å². The van der Waals surface area contributed by atoms with Gasteiger partial charge in [0.05, 0.1) is 16.3 Å². The van der Waals surface area contributed by atoms with Crippen molar-refractivity contribution in [3.05, 3.63) is 70.3 Å². The molecule has 3 rings (SSSR count). The van der Waals surface area contributed by atoms with Gasteiger partial charge < -0.3 is 4.74 Å². The Bertz CT molecular complexity index is 1000. The largest absolute Gasteiger partial charge is 0.479 e. The van der Waals surface area contributed by atoms with E-state index in [-0.39, 0.29) is 6.61 Å². The van der Waals surface area contributed by atoms with Gasteiger partial charge in [-0.05, 0) is 42.8 Å². The van der Waals surface area contributed by atoms with Gasteiger partial charge in [0.25, 0.3) is 11.8 Å². The van der Waals surface area contributed by atoms with E-state index >= 15 is 0 Å². The lowest BCUT2D eigenvalue weighted by atomic mass is 10.1. The van der Waals surface area contributed by atoms with E-state index in [1.54, 1.807) is 61.5 Å². The summed E-state index contributed by atoms with van der Waals surface area (Å²) in [7, 11) is 0. The van der Waals surface area contributed by atoms with Crippen LogP contribution in [0.25, 0.3) is 6.08 Å². The van der Waals surface area contributed by atoms with E-state index in [0.29, 0.717) is 33.2 Å². The second-order valence-corrected chi connectivity index (χ2v) is 6.12. The van der Waals surface area contributed by atoms with E-state index in [1.807, 2.05) is 0 Å². The van der Waals surface area contributed by atoms with Crippen LogP contribution in [0.2, 0.25) is 5.02 Å². The summed E-state index contributed by atoms with van der Waals surface area (Å²) in [6.07, 6.45) is 6.80. The second-order valence-electron chi connectivity index (χ2n) is 5.71. The van der Waals surface area contributed by atoms with Gasteiger partial charge in [-0.25, -0.2) is 0 Å². The van der Waals surface area contributed by atoms with Gasteiger partial charge in [0.2, 0.25) is 0 Å². The van der Waals surface area contributed by atoms with E-state index in [2.05, 4.69) is 11.0 Å². The van der Waals surface area contributed by atoms with E-state index in [0.717, 1.165) is 5.01 Å². The van der Waals surface area contributed by atoms with Crippen LogP contribution in [-0.2, 0) is 4.79 Å². The molecule has 1 heterocycles. The molecule has 2 aromatic carbocycles. The third-order valence-electron chi connectivity index (χ3n) is 3.85. The molecule has 2 amide bonds. The molecular weight excluding hydrogens is 364 g/mol. The predicted molar refractivity (Wildman–Crippen MR) is 104 cm³/mol. The van der Waals surface area contributed by atoms with Crippen molar-refractivity contribution in [2.24, 2.45) is 5.10 Å². The molecule has 5 nitrogen and oxygen atoms in total. The van der Waals surface area contributed by atoms with E-state index in [4.69, 9.17) is 22.8 Å². The zero-order valence-electron chi connectivity index (χ0n) is 14.5. The number of ether oxygens (including phenoxy) is 1. The highest BCUT2D eigenvalue weighted by Gasteiger charge is 2.32. The van der Waals surface area contributed by atoms with Crippen molar-refractivity contribution in [3.63, 3.8) is 0 Å². The average Bonchev–Trinajstić information content (AvgIpc) is 2.95. The molecule has 0 saturated carbocycles. The molecule has 2 aromatic rings. The molecule has 0 N–H and O–H groups in total. The van der Waals surface area contributed by atoms with Gasteiger partial charge >= 0.3 is 0 Å². The predicted octanol–water partition coefficient (Wildman–Crippen LogP) is 3.79. The number of carbonyl (C=O) groups excluding carboxylic acids is 2. The van der Waals surface area contributed by atoms with Gasteiger partial charge in [0.1, 0.15) is 12.4 Å². The molecular formula is C21H15ClN2O3. The van der Waals surface area contributed by atoms with Gasteiger partial charge in [-0.3, -0.25) is 9.59 Å². The normalized spacial score (nSPS) is 14.9. The molecule has 1 aliphatic rings. The molecule has 0 fully saturated rings. The van der Waals surface area contributed by atoms with Crippen molar-refractivity contribution in [2.75, 3.05) is 6.61 Å². The summed E-state index contributed by atoms with van der Waals surface area (Å²) >= 11 is 6.18. The van der Waals surface area contributed by atoms with E-state index in [1.165, 1.54) is 0 Å². The summed E-state index contributed by atoms with van der Waals surface area (Å²) in [5.41, 5.74) is 1.85. The van der Waals surface area contributed by atoms with Crippen molar-refractivity contribution >= 4 is 35.2 Å². The van der Waals surface area contributed by atoms with E-state index < -0.39 is 11.8 Å². The first-order chi connectivity index (χ1) is 13.0. The van der Waals surface area contributed by atoms with Crippen LogP contribution in [-0.4, -0.2) is 29.1 Å². The fourth-order valence-electron chi connectivity index (χ4n) is 2.53. The Kier molecular flexibility index (Phi) is 5.39. The molecule has 0 aromatic heterocycles. The molecule has 0 bridgehead atoms. The van der Waals surface area contributed by atoms with Gasteiger partial charge in [-0.2, -0.15) is 10.1 Å². The minimum Gasteiger partial charge on any atom is -0.479 e. The molecule has 0 unspecified atom stereocenters. The Balaban J connectivity index is 1.85. The quantitative estimate of drug-likeness (QED) is 0.462. The third kappa shape index (κ3) is 3.91. The van der Waals surface area contributed by atoms with Crippen molar-refractivity contribution in [3.8, 4) is 18.1 Å². The second kappa shape index (κ2) is 7.90. The lowest BCUT2D eigenvalue weighted by Gasteiger charge is -2.09. The summed E-state index contributed by atoms with van der Waals surface area (Å²) in [5.74, 6) is 1.87. The highest BCUT2D eigenvalue weighted by molar-refractivity contribution is 6.33. The summed E-state index contributed by atoms with van der Waals surface area (Å²) in [6, 6.07) is 13.6. The Labute approximate surface area is 161 Å². The number of benzene rings is 2. The molecule has 0 spiro atoms. The zero-order chi connectivity index (χ0) is 19.4. The number of nitrogens with zero attached hydrogens (tertiary/aromatic N) is 2. The van der Waals surface area contributed by atoms with Crippen molar-refractivity contribution < 1.29 is 14.3 Å². The number of rotatable bonds is 4. The summed E-state index contributed by atoms with van der Waals surface area (Å²) in [6.45, 7) is 1.79. The highest BCUT2D eigenvalue weighted by atomic mass is 35.5. The van der Waals surface area contributed by atoms with Crippen LogP contribution in [0.3, 0.4) is 0 Å². The maximum atomic E-state index is 12.7. The number of imide groups is 1. The number of terminal acetylenes is 1. The lowest BCUT2D eigenvalue weighted by Crippen LogP contribution is -2.29. The number of hydrazone groups is 1. The average molecular weight is 379 g/mol. The number of hydrogen-bond donors (Lipinski definition) is 0. The molecule has 0 radical (unpaired) electrons. The van der Waals surface area contributed by atoms with Gasteiger partial charge in [0, 0.05) is 5.56 Å². The number of halogens is 1. The Morgan fingerprint density at radius 3 is 2.70 bits per heavy atom. The van der Waals surface area contributed by atoms with Crippen LogP contribution in [0.1, 0.15) is 22.8 Å². The maximum Gasteiger partial charge on any atom is 0.283 e. The standard InChI is InChI=1S/C21H15ClN2O3/c1-3-11-27-19-10-9-15(13-18(19)22)12-17-14(2)23-24(21(17)26)20(25)16-7-5-4-6-8-16/h1,4-10,12-13H,11H2,2H3/b17-12+. The van der Waals surface area contributed by atoms with Crippen molar-refractivity contribution in [2.45, 2.75) is 6.92 Å². The van der Waals surface area contributed by atoms with Crippen LogP contribution in [0.15, 0.2) is 59.2 Å². The molecule has 27 heavy (non-hydrogen) atoms. The Morgan fingerprint density at radius 1 is 1.30 bits per heavy atom. The minimum absolute atomic E-state index is 0.112. The SMILES string of the molecule is C#CCOc1ccc(/C=C2/C(=O)N(C(=O)c3ccccc3)N=C2C)cc1Cl. The number of carbonyl (C=O) groups is 2. The first-order valence-electron chi connectivity index (χ1n) is 8.08. The van der Waals surface area contributed by atoms with Crippen LogP contribution in [0.5, 0.6) is 5.75 Å². The molecule has 0 saturated heterocycles. The number of amides is 2. The smallest absolute Gasteiger partial charge is 0.283 e. The topological polar surface area (TPSA) is 59.0 Å². The summed E-state index contributed by atoms with van der Waals surface area (Å²) in [5, 5.41) is 5.36. The van der Waals surface area contributed by atoms with Crippen molar-refractivity contribution in [1.29, 1.82) is 0 Å². The zero-order valence-corrected chi connectivity index (χ0v) is 15.2. The minimum atomic E-state index is -0.481. The van der Waals surface area contributed by atoms with Gasteiger partial charge in [-0.1, -0.05) is 41.8 Å². The molecule has 0 atom stereocenters. The molecule has 0 aliphatic carbocycles. The van der Waals surface area contributed by atoms with Crippen molar-refractivity contribution in [1.82, 2.24) is 5.01 Å². The molecule has 1 aliphatic heterocycles. The molecule has 134 valence electrons. The van der Waals surface area contributed by atoms with Gasteiger partial charge in [0.15, 0.2) is 0 Å². The summed E-state index contributed by atoms with van der Waals surface area (Å²) < 4.78 is 5.32. The Morgan fingerprint density at radius 2 is 2.04 bits per heavy atom. The highest BCUT2D eigenvalue weighted by Crippen LogP contribution is 2.27. The van der Waals surface area contributed by atoms with Crippen LogP contribution < -0.4 is 4.74 Å². The first kappa shape index (κ1) is 18.4. The van der Waals surface area contributed by atoms with Gasteiger partial charge in [-0.15, -0.1) is 6.42 Å². The first-order valence-corrected chi connectivity index (χ1v) is 8.46. The number of hydrogen-bond acceptors (Lipinski definition) is 4.